The van der Waals surface area contributed by atoms with Gasteiger partial charge >= 0.3 is 0 Å². The molecule has 0 amide bonds. The van der Waals surface area contributed by atoms with E-state index in [4.69, 9.17) is 5.84 Å². The van der Waals surface area contributed by atoms with Gasteiger partial charge in [0.15, 0.2) is 0 Å². The summed E-state index contributed by atoms with van der Waals surface area (Å²) in [6.07, 6.45) is 1.75. The largest absolute Gasteiger partial charge is 0.308 e. The average molecular weight is 340 g/mol. The van der Waals surface area contributed by atoms with E-state index < -0.39 is 0 Å². The van der Waals surface area contributed by atoms with Crippen LogP contribution < -0.4 is 11.3 Å². The zero-order valence-electron chi connectivity index (χ0n) is 10.6. The lowest BCUT2D eigenvalue weighted by atomic mass is 10.2. The fourth-order valence-electron chi connectivity index (χ4n) is 1.37. The Morgan fingerprint density at radius 1 is 1.37 bits per heavy atom. The van der Waals surface area contributed by atoms with E-state index in [2.05, 4.69) is 36.3 Å². The number of pyridine rings is 1. The molecule has 0 aromatic carbocycles. The van der Waals surface area contributed by atoms with Crippen molar-refractivity contribution in [2.75, 3.05) is 5.43 Å². The number of nitrogens with two attached hydrogens (primary N) is 1. The van der Waals surface area contributed by atoms with Gasteiger partial charge in [0.2, 0.25) is 0 Å². The van der Waals surface area contributed by atoms with Crippen LogP contribution in [0.15, 0.2) is 38.9 Å². The van der Waals surface area contributed by atoms with Crippen LogP contribution in [0.1, 0.15) is 25.6 Å². The first-order valence-corrected chi connectivity index (χ1v) is 7.35. The molecule has 7 heteroatoms. The van der Waals surface area contributed by atoms with Crippen molar-refractivity contribution in [2.24, 2.45) is 5.84 Å². The third-order valence-electron chi connectivity index (χ3n) is 2.31. The van der Waals surface area contributed by atoms with Gasteiger partial charge in [-0.15, -0.1) is 0 Å². The Labute approximate surface area is 124 Å². The number of hydrazine groups is 1. The van der Waals surface area contributed by atoms with Gasteiger partial charge in [-0.1, -0.05) is 13.8 Å². The first-order chi connectivity index (χ1) is 9.10. The molecule has 0 saturated carbocycles. The molecule has 2 heterocycles. The first-order valence-electron chi connectivity index (χ1n) is 5.74. The molecule has 0 bridgehead atoms. The van der Waals surface area contributed by atoms with E-state index in [9.17, 15) is 0 Å². The molecule has 2 rings (SSSR count). The SMILES string of the molecule is CC(C)c1nc(NN)cc(Sc2ncccc2Br)n1. The summed E-state index contributed by atoms with van der Waals surface area (Å²) in [6, 6.07) is 5.63. The van der Waals surface area contributed by atoms with E-state index in [0.717, 1.165) is 20.3 Å². The first kappa shape index (κ1) is 14.2. The van der Waals surface area contributed by atoms with Gasteiger partial charge in [-0.3, -0.25) is 0 Å². The maximum atomic E-state index is 5.44. The predicted octanol–water partition coefficient (Wildman–Crippen LogP) is 3.19. The van der Waals surface area contributed by atoms with Crippen LogP contribution in [-0.2, 0) is 0 Å². The Morgan fingerprint density at radius 3 is 2.79 bits per heavy atom. The average Bonchev–Trinajstić information content (AvgIpc) is 2.41. The lowest BCUT2D eigenvalue weighted by Crippen LogP contribution is -2.11. The second-order valence-electron chi connectivity index (χ2n) is 4.14. The van der Waals surface area contributed by atoms with Gasteiger partial charge in [0.25, 0.3) is 0 Å². The van der Waals surface area contributed by atoms with E-state index in [1.165, 1.54) is 11.8 Å². The summed E-state index contributed by atoms with van der Waals surface area (Å²) in [7, 11) is 0. The van der Waals surface area contributed by atoms with E-state index in [0.29, 0.717) is 5.82 Å². The number of nitrogens with one attached hydrogen (secondary N) is 1. The Morgan fingerprint density at radius 2 is 2.16 bits per heavy atom. The summed E-state index contributed by atoms with van der Waals surface area (Å²) in [5.74, 6) is 7.03. The van der Waals surface area contributed by atoms with E-state index in [1.54, 1.807) is 12.3 Å². The molecule has 0 aliphatic heterocycles. The van der Waals surface area contributed by atoms with Gasteiger partial charge in [-0.2, -0.15) is 0 Å². The predicted molar refractivity (Wildman–Crippen MR) is 80.0 cm³/mol. The molecule has 2 aromatic rings. The van der Waals surface area contributed by atoms with Crippen LogP contribution in [0.3, 0.4) is 0 Å². The van der Waals surface area contributed by atoms with Crippen molar-refractivity contribution in [1.82, 2.24) is 15.0 Å². The molecular formula is C12H14BrN5S. The highest BCUT2D eigenvalue weighted by Gasteiger charge is 2.10. The third-order valence-corrected chi connectivity index (χ3v) is 4.15. The van der Waals surface area contributed by atoms with Crippen LogP contribution in [0.4, 0.5) is 5.82 Å². The van der Waals surface area contributed by atoms with Crippen LogP contribution in [0.5, 0.6) is 0 Å². The molecule has 3 N–H and O–H groups in total. The van der Waals surface area contributed by atoms with Crippen molar-refractivity contribution in [3.05, 3.63) is 34.7 Å². The van der Waals surface area contributed by atoms with Crippen LogP contribution in [0.25, 0.3) is 0 Å². The number of nitrogens with zero attached hydrogens (tertiary/aromatic N) is 3. The molecule has 2 aromatic heterocycles. The number of rotatable bonds is 4. The molecule has 0 radical (unpaired) electrons. The van der Waals surface area contributed by atoms with Crippen LogP contribution >= 0.6 is 27.7 Å². The lowest BCUT2D eigenvalue weighted by molar-refractivity contribution is 0.754. The third kappa shape index (κ3) is 3.65. The van der Waals surface area contributed by atoms with Gasteiger partial charge in [0.05, 0.1) is 4.47 Å². The molecule has 5 nitrogen and oxygen atoms in total. The van der Waals surface area contributed by atoms with Crippen LogP contribution in [-0.4, -0.2) is 15.0 Å². The summed E-state index contributed by atoms with van der Waals surface area (Å²) in [5.41, 5.74) is 2.57. The minimum Gasteiger partial charge on any atom is -0.308 e. The lowest BCUT2D eigenvalue weighted by Gasteiger charge is -2.09. The van der Waals surface area contributed by atoms with Crippen LogP contribution in [0.2, 0.25) is 0 Å². The van der Waals surface area contributed by atoms with E-state index in [1.807, 2.05) is 26.0 Å². The molecule has 0 aliphatic rings. The fourth-order valence-corrected chi connectivity index (χ4v) is 2.66. The van der Waals surface area contributed by atoms with Crippen molar-refractivity contribution in [3.63, 3.8) is 0 Å². The summed E-state index contributed by atoms with van der Waals surface area (Å²) in [4.78, 5) is 13.1. The Kier molecular flexibility index (Phi) is 4.73. The summed E-state index contributed by atoms with van der Waals surface area (Å²) in [5, 5.41) is 1.67. The summed E-state index contributed by atoms with van der Waals surface area (Å²) >= 11 is 4.94. The second-order valence-corrected chi connectivity index (χ2v) is 6.00. The fraction of sp³-hybridized carbons (Fsp3) is 0.250. The minimum atomic E-state index is 0.236. The van der Waals surface area contributed by atoms with Gasteiger partial charge < -0.3 is 5.43 Å². The highest BCUT2D eigenvalue weighted by atomic mass is 79.9. The van der Waals surface area contributed by atoms with Crippen molar-refractivity contribution in [3.8, 4) is 0 Å². The molecular weight excluding hydrogens is 326 g/mol. The van der Waals surface area contributed by atoms with Crippen molar-refractivity contribution in [2.45, 2.75) is 29.8 Å². The molecule has 0 fully saturated rings. The highest BCUT2D eigenvalue weighted by molar-refractivity contribution is 9.10. The van der Waals surface area contributed by atoms with Gasteiger partial charge in [-0.05, 0) is 39.8 Å². The maximum absolute atomic E-state index is 5.44. The molecule has 0 saturated heterocycles. The number of nitrogen functional groups attached to an aromatic ring is 1. The summed E-state index contributed by atoms with van der Waals surface area (Å²) < 4.78 is 0.937. The van der Waals surface area contributed by atoms with Gasteiger partial charge in [0, 0.05) is 18.2 Å². The van der Waals surface area contributed by atoms with Crippen molar-refractivity contribution in [1.29, 1.82) is 0 Å². The number of anilines is 1. The molecule has 0 unspecified atom stereocenters. The van der Waals surface area contributed by atoms with Gasteiger partial charge in [0.1, 0.15) is 21.7 Å². The quantitative estimate of drug-likeness (QED) is 0.506. The number of hydrogen-bond donors (Lipinski definition) is 2. The van der Waals surface area contributed by atoms with Crippen molar-refractivity contribution < 1.29 is 0 Å². The van der Waals surface area contributed by atoms with Crippen LogP contribution in [0, 0.1) is 0 Å². The molecule has 19 heavy (non-hydrogen) atoms. The standard InChI is InChI=1S/C12H14BrN5S/c1-7(2)11-16-9(18-14)6-10(17-11)19-12-8(13)4-3-5-15-12/h3-7H,14H2,1-2H3,(H,16,17,18). The van der Waals surface area contributed by atoms with E-state index >= 15 is 0 Å². The zero-order chi connectivity index (χ0) is 13.8. The van der Waals surface area contributed by atoms with Gasteiger partial charge in [-0.25, -0.2) is 20.8 Å². The number of halogens is 1. The molecule has 0 spiro atoms. The smallest absolute Gasteiger partial charge is 0.144 e. The maximum Gasteiger partial charge on any atom is 0.144 e. The Hall–Kier alpha value is -1.18. The minimum absolute atomic E-state index is 0.236. The Balaban J connectivity index is 2.34. The topological polar surface area (TPSA) is 76.7 Å². The molecule has 100 valence electrons. The summed E-state index contributed by atoms with van der Waals surface area (Å²) in [6.45, 7) is 4.08. The monoisotopic (exact) mass is 339 g/mol. The Bertz CT molecular complexity index is 576. The highest BCUT2D eigenvalue weighted by Crippen LogP contribution is 2.31. The normalized spacial score (nSPS) is 10.8. The number of hydrogen-bond acceptors (Lipinski definition) is 6. The number of aromatic nitrogens is 3. The molecule has 0 aliphatic carbocycles. The molecule has 0 atom stereocenters. The van der Waals surface area contributed by atoms with E-state index in [-0.39, 0.29) is 5.92 Å². The van der Waals surface area contributed by atoms with Crippen molar-refractivity contribution >= 4 is 33.5 Å². The zero-order valence-corrected chi connectivity index (χ0v) is 13.0. The second kappa shape index (κ2) is 6.31.